The number of amides is 1. The number of nitrogens with zero attached hydrogens (tertiary/aromatic N) is 3. The molecule has 1 amide bonds. The topological polar surface area (TPSA) is 80.5 Å². The summed E-state index contributed by atoms with van der Waals surface area (Å²) < 4.78 is 8.07. The third-order valence-electron chi connectivity index (χ3n) is 3.79. The summed E-state index contributed by atoms with van der Waals surface area (Å²) in [6.07, 6.45) is 5.47. The van der Waals surface area contributed by atoms with E-state index in [9.17, 15) is 4.79 Å². The molecule has 0 unspecified atom stereocenters. The Balaban J connectivity index is 1.46. The summed E-state index contributed by atoms with van der Waals surface area (Å²) in [7, 11) is 0. The van der Waals surface area contributed by atoms with Crippen molar-refractivity contribution in [2.75, 3.05) is 5.32 Å². The number of ether oxygens (including phenoxy) is 1. The number of imidazole rings is 1. The first-order valence-electron chi connectivity index (χ1n) is 8.06. The number of carbonyl (C=O) groups excluding carboxylic acids is 1. The molecule has 0 saturated heterocycles. The molecule has 1 saturated carbocycles. The first-order chi connectivity index (χ1) is 11.3. The van der Waals surface area contributed by atoms with Crippen LogP contribution in [0.1, 0.15) is 46.5 Å². The van der Waals surface area contributed by atoms with E-state index in [0.717, 1.165) is 39.5 Å². The molecule has 3 rings (SSSR count). The van der Waals surface area contributed by atoms with Crippen LogP contribution in [0.25, 0.3) is 4.96 Å². The van der Waals surface area contributed by atoms with Gasteiger partial charge in [0.15, 0.2) is 0 Å². The van der Waals surface area contributed by atoms with Crippen LogP contribution < -0.4 is 10.6 Å². The lowest BCUT2D eigenvalue weighted by molar-refractivity contribution is 0.0492. The van der Waals surface area contributed by atoms with Crippen molar-refractivity contribution in [2.24, 2.45) is 0 Å². The Bertz CT molecular complexity index is 684. The van der Waals surface area contributed by atoms with E-state index in [0.29, 0.717) is 6.04 Å². The minimum Gasteiger partial charge on any atom is -0.444 e. The highest BCUT2D eigenvalue weighted by Crippen LogP contribution is 2.26. The highest BCUT2D eigenvalue weighted by atomic mass is 127. The van der Waals surface area contributed by atoms with Crippen LogP contribution in [0, 0.1) is 3.70 Å². The average Bonchev–Trinajstić information content (AvgIpc) is 2.95. The van der Waals surface area contributed by atoms with Crippen molar-refractivity contribution in [3.8, 4) is 0 Å². The molecule has 0 bridgehead atoms. The Morgan fingerprint density at radius 1 is 1.33 bits per heavy atom. The van der Waals surface area contributed by atoms with E-state index in [2.05, 4.69) is 43.3 Å². The van der Waals surface area contributed by atoms with Crippen LogP contribution in [0.3, 0.4) is 0 Å². The molecule has 24 heavy (non-hydrogen) atoms. The lowest BCUT2D eigenvalue weighted by Crippen LogP contribution is -2.42. The number of hydrogen-bond acceptors (Lipinski definition) is 6. The van der Waals surface area contributed by atoms with E-state index in [1.165, 1.54) is 0 Å². The molecule has 0 atom stereocenters. The second-order valence-corrected chi connectivity index (χ2v) is 9.10. The van der Waals surface area contributed by atoms with Crippen molar-refractivity contribution in [3.05, 3.63) is 9.90 Å². The first-order valence-corrected chi connectivity index (χ1v) is 9.96. The van der Waals surface area contributed by atoms with Gasteiger partial charge in [-0.2, -0.15) is 0 Å². The fourth-order valence-electron chi connectivity index (χ4n) is 2.76. The summed E-state index contributed by atoms with van der Waals surface area (Å²) in [6, 6.07) is 0.574. The average molecular weight is 463 g/mol. The number of aromatic nitrogens is 3. The van der Waals surface area contributed by atoms with Gasteiger partial charge in [-0.15, -0.1) is 5.10 Å². The molecule has 0 aliphatic heterocycles. The predicted octanol–water partition coefficient (Wildman–Crippen LogP) is 3.64. The van der Waals surface area contributed by atoms with E-state index in [1.54, 1.807) is 11.3 Å². The van der Waals surface area contributed by atoms with Crippen molar-refractivity contribution in [3.63, 3.8) is 0 Å². The third kappa shape index (κ3) is 4.71. The van der Waals surface area contributed by atoms with Gasteiger partial charge < -0.3 is 15.4 Å². The van der Waals surface area contributed by atoms with Crippen LogP contribution in [0.5, 0.6) is 0 Å². The Morgan fingerprint density at radius 2 is 2.00 bits per heavy atom. The third-order valence-corrected chi connectivity index (χ3v) is 5.16. The van der Waals surface area contributed by atoms with Crippen LogP contribution in [0.15, 0.2) is 6.20 Å². The first kappa shape index (κ1) is 17.7. The van der Waals surface area contributed by atoms with Gasteiger partial charge in [-0.25, -0.2) is 14.3 Å². The van der Waals surface area contributed by atoms with Gasteiger partial charge in [0.25, 0.3) is 0 Å². The number of hydrogen-bond donors (Lipinski definition) is 2. The summed E-state index contributed by atoms with van der Waals surface area (Å²) in [5.41, 5.74) is -0.455. The van der Waals surface area contributed by atoms with Gasteiger partial charge in [0.1, 0.15) is 9.30 Å². The number of carbonyl (C=O) groups is 1. The predicted molar refractivity (Wildman–Crippen MR) is 103 cm³/mol. The van der Waals surface area contributed by atoms with Gasteiger partial charge in [-0.05, 0) is 69.0 Å². The second kappa shape index (κ2) is 7.03. The molecule has 2 heterocycles. The quantitative estimate of drug-likeness (QED) is 0.680. The molecule has 0 aromatic carbocycles. The zero-order chi connectivity index (χ0) is 17.3. The zero-order valence-corrected chi connectivity index (χ0v) is 17.0. The standard InChI is InChI=1S/C15H22IN5O2S/c1-15(2,3)23-14(22)18-10-6-4-9(5-7-10)17-12-20-21-8-11(16)19-13(21)24-12/h8-10H,4-7H2,1-3H3,(H,17,20)(H,18,22). The molecule has 2 aromatic heterocycles. The molecule has 2 N–H and O–H groups in total. The van der Waals surface area contributed by atoms with E-state index < -0.39 is 5.60 Å². The SMILES string of the molecule is CC(C)(C)OC(=O)NC1CCC(Nc2nn3cc(I)nc3s2)CC1. The highest BCUT2D eigenvalue weighted by molar-refractivity contribution is 14.1. The zero-order valence-electron chi connectivity index (χ0n) is 14.0. The monoisotopic (exact) mass is 463 g/mol. The van der Waals surface area contributed by atoms with Gasteiger partial charge >= 0.3 is 6.09 Å². The Labute approximate surface area is 158 Å². The lowest BCUT2D eigenvalue weighted by Gasteiger charge is -2.30. The number of anilines is 1. The molecule has 1 aliphatic carbocycles. The lowest BCUT2D eigenvalue weighted by atomic mass is 9.91. The molecule has 0 spiro atoms. The van der Waals surface area contributed by atoms with E-state index in [-0.39, 0.29) is 12.1 Å². The minimum atomic E-state index is -0.455. The molecule has 9 heteroatoms. The van der Waals surface area contributed by atoms with Gasteiger partial charge in [0.05, 0.1) is 6.20 Å². The van der Waals surface area contributed by atoms with Gasteiger partial charge in [0, 0.05) is 12.1 Å². The molecule has 7 nitrogen and oxygen atoms in total. The van der Waals surface area contributed by atoms with Crippen molar-refractivity contribution >= 4 is 50.1 Å². The van der Waals surface area contributed by atoms with Crippen LogP contribution in [0.2, 0.25) is 0 Å². The fraction of sp³-hybridized carbons (Fsp3) is 0.667. The second-order valence-electron chi connectivity index (χ2n) is 7.04. The fourth-order valence-corrected chi connectivity index (χ4v) is 4.28. The molecule has 132 valence electrons. The maximum Gasteiger partial charge on any atom is 0.407 e. The van der Waals surface area contributed by atoms with Crippen molar-refractivity contribution in [1.82, 2.24) is 19.9 Å². The van der Waals surface area contributed by atoms with Gasteiger partial charge in [0.2, 0.25) is 10.1 Å². The number of rotatable bonds is 3. The number of fused-ring (bicyclic) bond motifs is 1. The smallest absolute Gasteiger partial charge is 0.407 e. The Kier molecular flexibility index (Phi) is 5.19. The maximum atomic E-state index is 11.8. The Morgan fingerprint density at radius 3 is 2.62 bits per heavy atom. The summed E-state index contributed by atoms with van der Waals surface area (Å²) in [6.45, 7) is 5.62. The molecular weight excluding hydrogens is 441 g/mol. The Hall–Kier alpha value is -1.10. The number of halogens is 1. The summed E-state index contributed by atoms with van der Waals surface area (Å²) >= 11 is 3.75. The van der Waals surface area contributed by atoms with E-state index in [4.69, 9.17) is 4.74 Å². The van der Waals surface area contributed by atoms with Gasteiger partial charge in [-0.3, -0.25) is 0 Å². The molecule has 2 aromatic rings. The number of alkyl carbamates (subject to hydrolysis) is 1. The molecule has 1 fully saturated rings. The molecule has 1 aliphatic rings. The van der Waals surface area contributed by atoms with Crippen LogP contribution in [-0.2, 0) is 4.74 Å². The molecular formula is C15H22IN5O2S. The highest BCUT2D eigenvalue weighted by Gasteiger charge is 2.25. The number of nitrogens with one attached hydrogen (secondary N) is 2. The van der Waals surface area contributed by atoms with Gasteiger partial charge in [-0.1, -0.05) is 11.3 Å². The van der Waals surface area contributed by atoms with Crippen molar-refractivity contribution in [1.29, 1.82) is 0 Å². The normalized spacial score (nSPS) is 21.7. The maximum absolute atomic E-state index is 11.8. The minimum absolute atomic E-state index is 0.188. The van der Waals surface area contributed by atoms with E-state index >= 15 is 0 Å². The summed E-state index contributed by atoms with van der Waals surface area (Å²) in [5, 5.41) is 11.9. The largest absolute Gasteiger partial charge is 0.444 e. The van der Waals surface area contributed by atoms with Crippen LogP contribution in [0.4, 0.5) is 9.93 Å². The van der Waals surface area contributed by atoms with Crippen molar-refractivity contribution in [2.45, 2.75) is 64.1 Å². The van der Waals surface area contributed by atoms with Crippen LogP contribution in [-0.4, -0.2) is 38.4 Å². The summed E-state index contributed by atoms with van der Waals surface area (Å²) in [5.74, 6) is 0. The van der Waals surface area contributed by atoms with Crippen LogP contribution >= 0.6 is 33.9 Å². The van der Waals surface area contributed by atoms with Crippen molar-refractivity contribution < 1.29 is 9.53 Å². The molecule has 0 radical (unpaired) electrons. The summed E-state index contributed by atoms with van der Waals surface area (Å²) in [4.78, 5) is 17.1. The van der Waals surface area contributed by atoms with E-state index in [1.807, 2.05) is 31.5 Å².